The Labute approximate surface area is 164 Å². The molecular weight excluding hydrogens is 394 g/mol. The molecule has 0 bridgehead atoms. The Balaban J connectivity index is 1.93. The third-order valence-corrected chi connectivity index (χ3v) is 4.37. The highest BCUT2D eigenvalue weighted by atomic mass is 79.9. The van der Waals surface area contributed by atoms with Crippen molar-refractivity contribution in [3.63, 3.8) is 0 Å². The fourth-order valence-corrected chi connectivity index (χ4v) is 2.80. The van der Waals surface area contributed by atoms with Crippen LogP contribution in [0.15, 0.2) is 46.9 Å². The maximum atomic E-state index is 12.2. The van der Waals surface area contributed by atoms with E-state index in [0.717, 1.165) is 16.6 Å². The molecule has 0 unspecified atom stereocenters. The van der Waals surface area contributed by atoms with Crippen molar-refractivity contribution in [2.24, 2.45) is 0 Å². The zero-order valence-corrected chi connectivity index (χ0v) is 17.4. The van der Waals surface area contributed by atoms with E-state index in [1.54, 1.807) is 0 Å². The van der Waals surface area contributed by atoms with E-state index in [1.165, 1.54) is 5.56 Å². The summed E-state index contributed by atoms with van der Waals surface area (Å²) in [6.45, 7) is 9.10. The summed E-state index contributed by atoms with van der Waals surface area (Å²) in [7, 11) is 0. The summed E-state index contributed by atoms with van der Waals surface area (Å²) in [6.07, 6.45) is 0.938. The first-order valence-electron chi connectivity index (χ1n) is 8.75. The van der Waals surface area contributed by atoms with E-state index in [-0.39, 0.29) is 17.9 Å². The Bertz CT molecular complexity index is 753. The summed E-state index contributed by atoms with van der Waals surface area (Å²) in [5.41, 5.74) is 1.95. The molecule has 0 atom stereocenters. The molecule has 2 aromatic carbocycles. The summed E-state index contributed by atoms with van der Waals surface area (Å²) in [5, 5.41) is 2.82. The lowest BCUT2D eigenvalue weighted by Crippen LogP contribution is -2.20. The molecule has 5 heteroatoms. The van der Waals surface area contributed by atoms with Crippen molar-refractivity contribution in [1.82, 2.24) is 0 Å². The van der Waals surface area contributed by atoms with Crippen LogP contribution in [0.1, 0.15) is 39.7 Å². The highest BCUT2D eigenvalue weighted by molar-refractivity contribution is 9.10. The number of amides is 1. The average molecular weight is 420 g/mol. The van der Waals surface area contributed by atoms with E-state index in [9.17, 15) is 4.79 Å². The van der Waals surface area contributed by atoms with E-state index < -0.39 is 0 Å². The zero-order chi connectivity index (χ0) is 19.2. The van der Waals surface area contributed by atoms with Crippen molar-refractivity contribution in [3.8, 4) is 11.5 Å². The van der Waals surface area contributed by atoms with Crippen LogP contribution in [0.2, 0.25) is 0 Å². The smallest absolute Gasteiger partial charge is 0.262 e. The standard InChI is InChI=1S/C21H26BrNO3/c1-5-11-25-17-8-6-7-16(13-17)23-20(24)14-26-19-10-9-15(12-18(19)22)21(2,3)4/h6-10,12-13H,5,11,14H2,1-4H3,(H,23,24). The molecule has 4 nitrogen and oxygen atoms in total. The van der Waals surface area contributed by atoms with Crippen LogP contribution >= 0.6 is 15.9 Å². The van der Waals surface area contributed by atoms with Crippen molar-refractivity contribution in [1.29, 1.82) is 0 Å². The maximum Gasteiger partial charge on any atom is 0.262 e. The third kappa shape index (κ3) is 6.06. The van der Waals surface area contributed by atoms with Crippen molar-refractivity contribution >= 4 is 27.5 Å². The van der Waals surface area contributed by atoms with Crippen LogP contribution in [0.25, 0.3) is 0 Å². The molecule has 0 saturated heterocycles. The van der Waals surface area contributed by atoms with Crippen LogP contribution in [0, 0.1) is 0 Å². The van der Waals surface area contributed by atoms with Gasteiger partial charge in [-0.25, -0.2) is 0 Å². The minimum Gasteiger partial charge on any atom is -0.494 e. The molecule has 2 rings (SSSR count). The highest BCUT2D eigenvalue weighted by Crippen LogP contribution is 2.31. The summed E-state index contributed by atoms with van der Waals surface area (Å²) >= 11 is 3.52. The Morgan fingerprint density at radius 3 is 2.54 bits per heavy atom. The molecule has 2 aromatic rings. The molecule has 0 fully saturated rings. The molecule has 1 amide bonds. The van der Waals surface area contributed by atoms with Gasteiger partial charge in [0.15, 0.2) is 6.61 Å². The van der Waals surface area contributed by atoms with Gasteiger partial charge in [0.25, 0.3) is 5.91 Å². The number of hydrogen-bond donors (Lipinski definition) is 1. The van der Waals surface area contributed by atoms with Crippen LogP contribution in [0.5, 0.6) is 11.5 Å². The number of carbonyl (C=O) groups excluding carboxylic acids is 1. The molecule has 0 aliphatic heterocycles. The largest absolute Gasteiger partial charge is 0.494 e. The van der Waals surface area contributed by atoms with Crippen LogP contribution in [0.4, 0.5) is 5.69 Å². The van der Waals surface area contributed by atoms with Crippen LogP contribution in [-0.2, 0) is 10.2 Å². The molecule has 1 N–H and O–H groups in total. The maximum absolute atomic E-state index is 12.2. The molecule has 0 aromatic heterocycles. The van der Waals surface area contributed by atoms with Crippen molar-refractivity contribution in [3.05, 3.63) is 52.5 Å². The van der Waals surface area contributed by atoms with Gasteiger partial charge in [-0.3, -0.25) is 4.79 Å². The van der Waals surface area contributed by atoms with Gasteiger partial charge in [-0.1, -0.05) is 39.8 Å². The first kappa shape index (κ1) is 20.3. The number of halogens is 1. The number of rotatable bonds is 7. The Hall–Kier alpha value is -2.01. The number of ether oxygens (including phenoxy) is 2. The van der Waals surface area contributed by atoms with E-state index in [0.29, 0.717) is 18.0 Å². The van der Waals surface area contributed by atoms with Crippen LogP contribution < -0.4 is 14.8 Å². The van der Waals surface area contributed by atoms with Gasteiger partial charge in [0.2, 0.25) is 0 Å². The van der Waals surface area contributed by atoms with Crippen molar-refractivity contribution in [2.75, 3.05) is 18.5 Å². The summed E-state index contributed by atoms with van der Waals surface area (Å²) in [6, 6.07) is 13.3. The molecular formula is C21H26BrNO3. The van der Waals surface area contributed by atoms with E-state index in [4.69, 9.17) is 9.47 Å². The topological polar surface area (TPSA) is 47.6 Å². The van der Waals surface area contributed by atoms with Gasteiger partial charge in [0, 0.05) is 11.8 Å². The normalized spacial score (nSPS) is 11.1. The van der Waals surface area contributed by atoms with Crippen LogP contribution in [-0.4, -0.2) is 19.1 Å². The number of carbonyl (C=O) groups is 1. The predicted molar refractivity (Wildman–Crippen MR) is 109 cm³/mol. The van der Waals surface area contributed by atoms with Gasteiger partial charge < -0.3 is 14.8 Å². The van der Waals surface area contributed by atoms with E-state index in [1.807, 2.05) is 42.5 Å². The van der Waals surface area contributed by atoms with Gasteiger partial charge in [-0.05, 0) is 57.6 Å². The SMILES string of the molecule is CCCOc1cccc(NC(=O)COc2ccc(C(C)(C)C)cc2Br)c1. The highest BCUT2D eigenvalue weighted by Gasteiger charge is 2.15. The lowest BCUT2D eigenvalue weighted by molar-refractivity contribution is -0.118. The van der Waals surface area contributed by atoms with Gasteiger partial charge in [-0.2, -0.15) is 0 Å². The first-order valence-corrected chi connectivity index (χ1v) is 9.54. The minimum atomic E-state index is -0.218. The predicted octanol–water partition coefficient (Wildman–Crippen LogP) is 5.55. The number of anilines is 1. The van der Waals surface area contributed by atoms with Gasteiger partial charge in [0.05, 0.1) is 11.1 Å². The van der Waals surface area contributed by atoms with Crippen molar-refractivity contribution < 1.29 is 14.3 Å². The Morgan fingerprint density at radius 2 is 1.88 bits per heavy atom. The monoisotopic (exact) mass is 419 g/mol. The molecule has 0 radical (unpaired) electrons. The quantitative estimate of drug-likeness (QED) is 0.639. The molecule has 0 aliphatic carbocycles. The second-order valence-electron chi connectivity index (χ2n) is 7.11. The number of hydrogen-bond acceptors (Lipinski definition) is 3. The average Bonchev–Trinajstić information content (AvgIpc) is 2.58. The van der Waals surface area contributed by atoms with Crippen LogP contribution in [0.3, 0.4) is 0 Å². The number of nitrogens with one attached hydrogen (secondary N) is 1. The molecule has 0 saturated carbocycles. The fraction of sp³-hybridized carbons (Fsp3) is 0.381. The van der Waals surface area contributed by atoms with Gasteiger partial charge >= 0.3 is 0 Å². The minimum absolute atomic E-state index is 0.0588. The summed E-state index contributed by atoms with van der Waals surface area (Å²) < 4.78 is 12.1. The molecule has 0 heterocycles. The summed E-state index contributed by atoms with van der Waals surface area (Å²) in [4.78, 5) is 12.2. The first-order chi connectivity index (χ1) is 12.3. The second kappa shape index (κ2) is 9.08. The lowest BCUT2D eigenvalue weighted by atomic mass is 9.87. The zero-order valence-electron chi connectivity index (χ0n) is 15.8. The molecule has 0 aliphatic rings. The van der Waals surface area contributed by atoms with E-state index >= 15 is 0 Å². The van der Waals surface area contributed by atoms with Crippen molar-refractivity contribution in [2.45, 2.75) is 39.5 Å². The lowest BCUT2D eigenvalue weighted by Gasteiger charge is -2.20. The third-order valence-electron chi connectivity index (χ3n) is 3.75. The fourth-order valence-electron chi connectivity index (χ4n) is 2.31. The van der Waals surface area contributed by atoms with E-state index in [2.05, 4.69) is 48.9 Å². The van der Waals surface area contributed by atoms with Gasteiger partial charge in [0.1, 0.15) is 11.5 Å². The van der Waals surface area contributed by atoms with Gasteiger partial charge in [-0.15, -0.1) is 0 Å². The molecule has 26 heavy (non-hydrogen) atoms. The second-order valence-corrected chi connectivity index (χ2v) is 7.96. The Morgan fingerprint density at radius 1 is 1.12 bits per heavy atom. The Kier molecular flexibility index (Phi) is 7.09. The summed E-state index contributed by atoms with van der Waals surface area (Å²) in [5.74, 6) is 1.17. The molecule has 140 valence electrons. The number of benzene rings is 2. The molecule has 0 spiro atoms.